The number of nitrogens with zero attached hydrogens (tertiary/aromatic N) is 2. The van der Waals surface area contributed by atoms with Crippen molar-refractivity contribution in [1.82, 2.24) is 9.88 Å². The molecule has 0 bridgehead atoms. The Morgan fingerprint density at radius 2 is 2.26 bits per heavy atom. The number of esters is 1. The third kappa shape index (κ3) is 2.49. The number of pyridine rings is 1. The number of rotatable bonds is 3. The first kappa shape index (κ1) is 14.0. The minimum Gasteiger partial charge on any atom is -0.464 e. The summed E-state index contributed by atoms with van der Waals surface area (Å²) in [5.41, 5.74) is -0.389. The van der Waals surface area contributed by atoms with Gasteiger partial charge < -0.3 is 9.64 Å². The van der Waals surface area contributed by atoms with Crippen LogP contribution in [0.3, 0.4) is 0 Å². The summed E-state index contributed by atoms with van der Waals surface area (Å²) >= 11 is 3.28. The average molecular weight is 327 g/mol. The van der Waals surface area contributed by atoms with Gasteiger partial charge in [0.25, 0.3) is 5.91 Å². The lowest BCUT2D eigenvalue weighted by Crippen LogP contribution is -2.65. The fourth-order valence-corrected chi connectivity index (χ4v) is 2.43. The molecule has 1 aliphatic rings. The summed E-state index contributed by atoms with van der Waals surface area (Å²) in [6, 6.07) is 1.69. The van der Waals surface area contributed by atoms with Gasteiger partial charge in [-0.25, -0.2) is 4.79 Å². The van der Waals surface area contributed by atoms with Crippen molar-refractivity contribution < 1.29 is 14.3 Å². The van der Waals surface area contributed by atoms with Crippen LogP contribution in [0, 0.1) is 0 Å². The van der Waals surface area contributed by atoms with Crippen LogP contribution in [0.25, 0.3) is 0 Å². The highest BCUT2D eigenvalue weighted by atomic mass is 79.9. The number of aromatic nitrogens is 1. The number of hydrogen-bond donors (Lipinski definition) is 0. The van der Waals surface area contributed by atoms with Gasteiger partial charge in [-0.1, -0.05) is 0 Å². The molecule has 0 aromatic carbocycles. The van der Waals surface area contributed by atoms with Gasteiger partial charge >= 0.3 is 5.97 Å². The largest absolute Gasteiger partial charge is 0.464 e. The quantitative estimate of drug-likeness (QED) is 0.797. The summed E-state index contributed by atoms with van der Waals surface area (Å²) in [5, 5.41) is 0. The standard InChI is InChI=1S/C13H15BrN2O3/c1-3-19-12(18)13(2)4-5-16(13)11(17)9-6-10(14)8-15-7-9/h6-8H,3-5H2,1-2H3. The van der Waals surface area contributed by atoms with Crippen LogP contribution in [0.1, 0.15) is 30.6 Å². The number of likely N-dealkylation sites (tertiary alicyclic amines) is 1. The maximum absolute atomic E-state index is 12.4. The summed E-state index contributed by atoms with van der Waals surface area (Å²) in [6.45, 7) is 4.36. The van der Waals surface area contributed by atoms with Gasteiger partial charge in [0.2, 0.25) is 0 Å². The van der Waals surface area contributed by atoms with Gasteiger partial charge in [0, 0.05) is 23.4 Å². The first-order valence-corrected chi connectivity index (χ1v) is 6.88. The molecule has 0 saturated carbocycles. The molecular weight excluding hydrogens is 312 g/mol. The van der Waals surface area contributed by atoms with E-state index in [1.807, 2.05) is 0 Å². The summed E-state index contributed by atoms with van der Waals surface area (Å²) in [5.74, 6) is -0.548. The predicted molar refractivity (Wildman–Crippen MR) is 72.6 cm³/mol. The lowest BCUT2D eigenvalue weighted by atomic mass is 9.86. The fraction of sp³-hybridized carbons (Fsp3) is 0.462. The number of ether oxygens (including phenoxy) is 1. The first-order valence-electron chi connectivity index (χ1n) is 6.09. The van der Waals surface area contributed by atoms with Crippen LogP contribution in [0.4, 0.5) is 0 Å². The van der Waals surface area contributed by atoms with Crippen molar-refractivity contribution in [3.05, 3.63) is 28.5 Å². The monoisotopic (exact) mass is 326 g/mol. The Hall–Kier alpha value is -1.43. The minimum atomic E-state index is -0.852. The van der Waals surface area contributed by atoms with Gasteiger partial charge in [0.1, 0.15) is 5.54 Å². The van der Waals surface area contributed by atoms with E-state index in [9.17, 15) is 9.59 Å². The lowest BCUT2D eigenvalue weighted by molar-refractivity contribution is -0.162. The van der Waals surface area contributed by atoms with E-state index in [4.69, 9.17) is 4.74 Å². The lowest BCUT2D eigenvalue weighted by Gasteiger charge is -2.48. The van der Waals surface area contributed by atoms with Crippen molar-refractivity contribution in [2.75, 3.05) is 13.2 Å². The summed E-state index contributed by atoms with van der Waals surface area (Å²) in [7, 11) is 0. The molecule has 2 heterocycles. The topological polar surface area (TPSA) is 59.5 Å². The third-order valence-corrected chi connectivity index (χ3v) is 3.76. The van der Waals surface area contributed by atoms with Crippen LogP contribution >= 0.6 is 15.9 Å². The normalized spacial score (nSPS) is 21.7. The highest BCUT2D eigenvalue weighted by molar-refractivity contribution is 9.10. The molecule has 1 atom stereocenters. The van der Waals surface area contributed by atoms with Crippen molar-refractivity contribution >= 4 is 27.8 Å². The molecule has 0 aliphatic carbocycles. The molecule has 2 rings (SSSR count). The molecule has 6 heteroatoms. The van der Waals surface area contributed by atoms with Crippen LogP contribution in [-0.2, 0) is 9.53 Å². The Balaban J connectivity index is 2.19. The van der Waals surface area contributed by atoms with E-state index in [1.54, 1.807) is 26.1 Å². The zero-order valence-electron chi connectivity index (χ0n) is 10.9. The van der Waals surface area contributed by atoms with E-state index in [2.05, 4.69) is 20.9 Å². The molecule has 102 valence electrons. The number of carbonyl (C=O) groups is 2. The van der Waals surface area contributed by atoms with Crippen molar-refractivity contribution in [3.63, 3.8) is 0 Å². The molecule has 1 aromatic heterocycles. The zero-order valence-corrected chi connectivity index (χ0v) is 12.4. The molecule has 1 unspecified atom stereocenters. The molecule has 5 nitrogen and oxygen atoms in total. The molecule has 0 spiro atoms. The molecule has 1 aliphatic heterocycles. The van der Waals surface area contributed by atoms with E-state index in [0.717, 1.165) is 4.47 Å². The molecule has 1 fully saturated rings. The van der Waals surface area contributed by atoms with E-state index in [0.29, 0.717) is 25.1 Å². The van der Waals surface area contributed by atoms with E-state index in [-0.39, 0.29) is 11.9 Å². The molecule has 0 N–H and O–H groups in total. The zero-order chi connectivity index (χ0) is 14.0. The van der Waals surface area contributed by atoms with E-state index < -0.39 is 5.54 Å². The number of amides is 1. The maximum atomic E-state index is 12.4. The second kappa shape index (κ2) is 5.28. The molecule has 1 aromatic rings. The van der Waals surface area contributed by atoms with Gasteiger partial charge in [-0.2, -0.15) is 0 Å². The van der Waals surface area contributed by atoms with Gasteiger partial charge in [-0.15, -0.1) is 0 Å². The van der Waals surface area contributed by atoms with Crippen LogP contribution < -0.4 is 0 Å². The molecule has 1 amide bonds. The Morgan fingerprint density at radius 3 is 2.79 bits per heavy atom. The molecule has 1 saturated heterocycles. The Bertz CT molecular complexity index is 520. The second-order valence-corrected chi connectivity index (χ2v) is 5.51. The number of carbonyl (C=O) groups excluding carboxylic acids is 2. The summed E-state index contributed by atoms with van der Waals surface area (Å²) in [4.78, 5) is 29.8. The van der Waals surface area contributed by atoms with Gasteiger partial charge in [-0.05, 0) is 42.3 Å². The fourth-order valence-electron chi connectivity index (χ4n) is 2.07. The highest BCUT2D eigenvalue weighted by Gasteiger charge is 2.50. The van der Waals surface area contributed by atoms with Crippen LogP contribution in [0.15, 0.2) is 22.9 Å². The van der Waals surface area contributed by atoms with Crippen LogP contribution in [0.5, 0.6) is 0 Å². The Morgan fingerprint density at radius 1 is 1.53 bits per heavy atom. The van der Waals surface area contributed by atoms with Gasteiger partial charge in [0.05, 0.1) is 12.2 Å². The smallest absolute Gasteiger partial charge is 0.331 e. The molecular formula is C13H15BrN2O3. The Kier molecular flexibility index (Phi) is 3.89. The predicted octanol–water partition coefficient (Wildman–Crippen LogP) is 2.01. The summed E-state index contributed by atoms with van der Waals surface area (Å²) < 4.78 is 5.76. The number of halogens is 1. The number of hydrogen-bond acceptors (Lipinski definition) is 4. The second-order valence-electron chi connectivity index (χ2n) is 4.59. The maximum Gasteiger partial charge on any atom is 0.331 e. The van der Waals surface area contributed by atoms with Crippen molar-refractivity contribution in [2.45, 2.75) is 25.8 Å². The van der Waals surface area contributed by atoms with Crippen LogP contribution in [-0.4, -0.2) is 40.5 Å². The van der Waals surface area contributed by atoms with Crippen LogP contribution in [0.2, 0.25) is 0 Å². The SMILES string of the molecule is CCOC(=O)C1(C)CCN1C(=O)c1cncc(Br)c1. The minimum absolute atomic E-state index is 0.199. The van der Waals surface area contributed by atoms with Crippen molar-refractivity contribution in [2.24, 2.45) is 0 Å². The van der Waals surface area contributed by atoms with E-state index >= 15 is 0 Å². The van der Waals surface area contributed by atoms with Crippen molar-refractivity contribution in [3.8, 4) is 0 Å². The Labute approximate surface area is 120 Å². The molecule has 0 radical (unpaired) electrons. The average Bonchev–Trinajstić information content (AvgIpc) is 2.36. The third-order valence-electron chi connectivity index (χ3n) is 3.33. The van der Waals surface area contributed by atoms with E-state index in [1.165, 1.54) is 11.1 Å². The first-order chi connectivity index (χ1) is 8.99. The highest BCUT2D eigenvalue weighted by Crippen LogP contribution is 2.33. The molecule has 19 heavy (non-hydrogen) atoms. The van der Waals surface area contributed by atoms with Gasteiger partial charge in [-0.3, -0.25) is 9.78 Å². The van der Waals surface area contributed by atoms with Gasteiger partial charge in [0.15, 0.2) is 0 Å². The summed E-state index contributed by atoms with van der Waals surface area (Å²) in [6.07, 6.45) is 3.73. The van der Waals surface area contributed by atoms with Crippen molar-refractivity contribution in [1.29, 1.82) is 0 Å².